The van der Waals surface area contributed by atoms with E-state index in [0.717, 1.165) is 37.8 Å². The Morgan fingerprint density at radius 3 is 2.67 bits per heavy atom. The van der Waals surface area contributed by atoms with Gasteiger partial charge in [-0.05, 0) is 36.5 Å². The van der Waals surface area contributed by atoms with E-state index in [1.807, 2.05) is 6.08 Å². The minimum absolute atomic E-state index is 0.281. The molecule has 1 amide bonds. The van der Waals surface area contributed by atoms with Crippen LogP contribution in [0.4, 0.5) is 13.9 Å². The number of rotatable bonds is 4. The molecule has 1 N–H and O–H groups in total. The van der Waals surface area contributed by atoms with Gasteiger partial charge in [-0.15, -0.1) is 11.3 Å². The van der Waals surface area contributed by atoms with Crippen molar-refractivity contribution in [3.05, 3.63) is 53.0 Å². The summed E-state index contributed by atoms with van der Waals surface area (Å²) in [6.07, 6.45) is 8.98. The van der Waals surface area contributed by atoms with Gasteiger partial charge in [0.2, 0.25) is 0 Å². The first-order valence-electron chi connectivity index (χ1n) is 8.01. The summed E-state index contributed by atoms with van der Waals surface area (Å²) in [5, 5.41) is 4.97. The van der Waals surface area contributed by atoms with Crippen molar-refractivity contribution in [1.29, 1.82) is 0 Å². The Labute approximate surface area is 143 Å². The van der Waals surface area contributed by atoms with Crippen molar-refractivity contribution in [3.63, 3.8) is 0 Å². The Kier molecular flexibility index (Phi) is 5.35. The number of thiazole rings is 1. The van der Waals surface area contributed by atoms with E-state index < -0.39 is 11.6 Å². The molecule has 0 saturated heterocycles. The largest absolute Gasteiger partial charge is 0.298 e. The number of nitrogens with one attached hydrogen (secondary N) is 1. The van der Waals surface area contributed by atoms with Gasteiger partial charge in [0.05, 0.1) is 0 Å². The maximum atomic E-state index is 13.6. The fourth-order valence-corrected chi connectivity index (χ4v) is 3.48. The molecule has 3 rings (SSSR count). The van der Waals surface area contributed by atoms with Gasteiger partial charge in [0, 0.05) is 17.2 Å². The van der Waals surface area contributed by atoms with Gasteiger partial charge in [-0.25, -0.2) is 13.8 Å². The Balaban J connectivity index is 1.91. The van der Waals surface area contributed by atoms with Crippen LogP contribution in [0.5, 0.6) is 0 Å². The van der Waals surface area contributed by atoms with Gasteiger partial charge in [0.1, 0.15) is 0 Å². The number of allylic oxidation sites excluding steroid dienone is 1. The summed E-state index contributed by atoms with van der Waals surface area (Å²) in [6.45, 7) is 0. The second-order valence-electron chi connectivity index (χ2n) is 5.90. The first-order valence-corrected chi connectivity index (χ1v) is 8.89. The second kappa shape index (κ2) is 7.66. The highest BCUT2D eigenvalue weighted by atomic mass is 32.1. The summed E-state index contributed by atoms with van der Waals surface area (Å²) in [5.41, 5.74) is 0.754. The highest BCUT2D eigenvalue weighted by Gasteiger charge is 2.19. The zero-order valence-electron chi connectivity index (χ0n) is 13.1. The van der Waals surface area contributed by atoms with Crippen molar-refractivity contribution in [2.45, 2.75) is 32.1 Å². The lowest BCUT2D eigenvalue weighted by molar-refractivity contribution is -0.111. The van der Waals surface area contributed by atoms with Crippen molar-refractivity contribution in [3.8, 4) is 0 Å². The number of anilines is 1. The van der Waals surface area contributed by atoms with Crippen LogP contribution >= 0.6 is 11.3 Å². The van der Waals surface area contributed by atoms with E-state index in [9.17, 15) is 13.6 Å². The molecule has 0 spiro atoms. The number of nitrogens with zero attached hydrogens (tertiary/aromatic N) is 1. The topological polar surface area (TPSA) is 42.0 Å². The Hall–Kier alpha value is -2.08. The molecule has 0 unspecified atom stereocenters. The van der Waals surface area contributed by atoms with Crippen molar-refractivity contribution in [2.24, 2.45) is 5.92 Å². The molecule has 1 heterocycles. The van der Waals surface area contributed by atoms with Gasteiger partial charge in [0.15, 0.2) is 16.8 Å². The maximum absolute atomic E-state index is 13.6. The molecule has 3 nitrogen and oxygen atoms in total. The van der Waals surface area contributed by atoms with E-state index >= 15 is 0 Å². The number of halogens is 2. The molecule has 1 aromatic heterocycles. The van der Waals surface area contributed by atoms with Crippen LogP contribution in [0, 0.1) is 17.6 Å². The lowest BCUT2D eigenvalue weighted by Gasteiger charge is -2.20. The van der Waals surface area contributed by atoms with Crippen LogP contribution in [-0.2, 0) is 4.79 Å². The van der Waals surface area contributed by atoms with Crippen molar-refractivity contribution < 1.29 is 13.6 Å². The summed E-state index contributed by atoms with van der Waals surface area (Å²) < 4.78 is 26.8. The molecule has 1 aliphatic carbocycles. The predicted molar refractivity (Wildman–Crippen MR) is 91.7 cm³/mol. The molecule has 2 aromatic rings. The normalized spacial score (nSPS) is 16.2. The standard InChI is InChI=1S/C18H18F2N2OS/c19-15-7-6-13(11-16(15)20)14(10-12-4-2-1-3-5-12)17(23)22-18-21-8-9-24-18/h6-12H,1-5H2,(H,21,22,23)/b14-10+. The van der Waals surface area contributed by atoms with Crippen LogP contribution in [0.15, 0.2) is 35.9 Å². The molecule has 1 aromatic carbocycles. The average Bonchev–Trinajstić information content (AvgIpc) is 3.09. The van der Waals surface area contributed by atoms with E-state index in [4.69, 9.17) is 0 Å². The first-order chi connectivity index (χ1) is 11.6. The van der Waals surface area contributed by atoms with Gasteiger partial charge >= 0.3 is 0 Å². The van der Waals surface area contributed by atoms with E-state index in [-0.39, 0.29) is 11.8 Å². The highest BCUT2D eigenvalue weighted by molar-refractivity contribution is 7.13. The Morgan fingerprint density at radius 2 is 2.00 bits per heavy atom. The number of hydrogen-bond acceptors (Lipinski definition) is 3. The van der Waals surface area contributed by atoms with Crippen LogP contribution < -0.4 is 5.32 Å². The number of amides is 1. The highest BCUT2D eigenvalue weighted by Crippen LogP contribution is 2.29. The zero-order valence-corrected chi connectivity index (χ0v) is 13.9. The monoisotopic (exact) mass is 348 g/mol. The van der Waals surface area contributed by atoms with Gasteiger partial charge in [-0.2, -0.15) is 0 Å². The van der Waals surface area contributed by atoms with Crippen LogP contribution in [0.25, 0.3) is 5.57 Å². The summed E-state index contributed by atoms with van der Waals surface area (Å²) >= 11 is 1.31. The number of carbonyl (C=O) groups is 1. The van der Waals surface area contributed by atoms with Crippen molar-refractivity contribution in [2.75, 3.05) is 5.32 Å². The predicted octanol–water partition coefficient (Wildman–Crippen LogP) is 5.02. The molecule has 0 aliphatic heterocycles. The number of benzene rings is 1. The van der Waals surface area contributed by atoms with Crippen LogP contribution in [0.2, 0.25) is 0 Å². The molecular formula is C18H18F2N2OS. The SMILES string of the molecule is O=C(Nc1nccs1)/C(=C/C1CCCCC1)c1ccc(F)c(F)c1. The van der Waals surface area contributed by atoms with Gasteiger partial charge in [-0.1, -0.05) is 31.4 Å². The fraction of sp³-hybridized carbons (Fsp3) is 0.333. The van der Waals surface area contributed by atoms with Gasteiger partial charge in [0.25, 0.3) is 5.91 Å². The number of aromatic nitrogens is 1. The zero-order chi connectivity index (χ0) is 16.9. The average molecular weight is 348 g/mol. The number of hydrogen-bond donors (Lipinski definition) is 1. The van der Waals surface area contributed by atoms with Crippen LogP contribution in [0.3, 0.4) is 0 Å². The third-order valence-electron chi connectivity index (χ3n) is 4.18. The van der Waals surface area contributed by atoms with Crippen LogP contribution in [0.1, 0.15) is 37.7 Å². The lowest BCUT2D eigenvalue weighted by atomic mass is 9.86. The molecule has 0 radical (unpaired) electrons. The van der Waals surface area contributed by atoms with E-state index in [2.05, 4.69) is 10.3 Å². The van der Waals surface area contributed by atoms with Crippen LogP contribution in [-0.4, -0.2) is 10.9 Å². The Bertz CT molecular complexity index is 737. The molecule has 126 valence electrons. The summed E-state index contributed by atoms with van der Waals surface area (Å²) in [7, 11) is 0. The summed E-state index contributed by atoms with van der Waals surface area (Å²) in [4.78, 5) is 16.7. The third-order valence-corrected chi connectivity index (χ3v) is 4.87. The van der Waals surface area contributed by atoms with E-state index in [0.29, 0.717) is 16.3 Å². The minimum Gasteiger partial charge on any atom is -0.298 e. The second-order valence-corrected chi connectivity index (χ2v) is 6.79. The Morgan fingerprint density at radius 1 is 1.21 bits per heavy atom. The minimum atomic E-state index is -0.955. The molecule has 0 bridgehead atoms. The molecule has 24 heavy (non-hydrogen) atoms. The molecule has 1 aliphatic rings. The van der Waals surface area contributed by atoms with E-state index in [1.54, 1.807) is 11.6 Å². The van der Waals surface area contributed by atoms with Gasteiger partial charge in [-0.3, -0.25) is 10.1 Å². The summed E-state index contributed by atoms with van der Waals surface area (Å²) in [6, 6.07) is 3.57. The number of carbonyl (C=O) groups excluding carboxylic acids is 1. The molecule has 1 fully saturated rings. The maximum Gasteiger partial charge on any atom is 0.257 e. The fourth-order valence-electron chi connectivity index (χ4n) is 2.95. The smallest absolute Gasteiger partial charge is 0.257 e. The van der Waals surface area contributed by atoms with Crippen molar-refractivity contribution >= 4 is 27.9 Å². The molecular weight excluding hydrogens is 330 g/mol. The quantitative estimate of drug-likeness (QED) is 0.788. The first kappa shape index (κ1) is 16.8. The third kappa shape index (κ3) is 4.06. The van der Waals surface area contributed by atoms with Gasteiger partial charge < -0.3 is 0 Å². The molecule has 6 heteroatoms. The molecule has 0 atom stereocenters. The van der Waals surface area contributed by atoms with Crippen molar-refractivity contribution in [1.82, 2.24) is 4.98 Å². The lowest BCUT2D eigenvalue weighted by Crippen LogP contribution is -2.15. The van der Waals surface area contributed by atoms with E-state index in [1.165, 1.54) is 23.8 Å². The summed E-state index contributed by atoms with van der Waals surface area (Å²) in [5.74, 6) is -1.94. The molecule has 1 saturated carbocycles.